The number of fused-ring (bicyclic) bond motifs is 1. The smallest absolute Gasteiger partial charge is 0.231 e. The van der Waals surface area contributed by atoms with Gasteiger partial charge in [-0.3, -0.25) is 14.5 Å². The van der Waals surface area contributed by atoms with Gasteiger partial charge in [-0.25, -0.2) is 0 Å². The van der Waals surface area contributed by atoms with Crippen LogP contribution in [0.1, 0.15) is 63.0 Å². The van der Waals surface area contributed by atoms with Crippen molar-refractivity contribution in [2.75, 3.05) is 17.3 Å². The van der Waals surface area contributed by atoms with E-state index in [0.29, 0.717) is 17.7 Å². The van der Waals surface area contributed by atoms with Crippen LogP contribution < -0.4 is 15.0 Å². The van der Waals surface area contributed by atoms with Crippen molar-refractivity contribution in [3.63, 3.8) is 0 Å². The fourth-order valence-electron chi connectivity index (χ4n) is 5.51. The minimum Gasteiger partial charge on any atom is -0.496 e. The molecule has 5 heteroatoms. The number of nitrogens with zero attached hydrogens (tertiary/aromatic N) is 1. The van der Waals surface area contributed by atoms with E-state index in [2.05, 4.69) is 5.32 Å². The maximum absolute atomic E-state index is 14.2. The van der Waals surface area contributed by atoms with E-state index < -0.39 is 6.04 Å². The molecule has 0 radical (unpaired) electrons. The molecule has 0 spiro atoms. The Hall–Kier alpha value is -3.08. The van der Waals surface area contributed by atoms with E-state index in [-0.39, 0.29) is 17.6 Å². The van der Waals surface area contributed by atoms with Gasteiger partial charge in [0.05, 0.1) is 24.5 Å². The quantitative estimate of drug-likeness (QED) is 0.670. The number of benzene rings is 2. The lowest BCUT2D eigenvalue weighted by molar-refractivity contribution is -0.123. The molecule has 1 heterocycles. The number of nitrogens with one attached hydrogen (secondary N) is 1. The molecule has 0 aromatic heterocycles. The highest BCUT2D eigenvalue weighted by molar-refractivity contribution is 6.06. The van der Waals surface area contributed by atoms with Gasteiger partial charge in [0.1, 0.15) is 5.75 Å². The number of hydrogen-bond donors (Lipinski definition) is 1. The summed E-state index contributed by atoms with van der Waals surface area (Å²) in [7, 11) is 1.65. The first-order chi connectivity index (χ1) is 15.7. The van der Waals surface area contributed by atoms with E-state index in [4.69, 9.17) is 4.74 Å². The number of allylic oxidation sites excluding steroid dienone is 1. The highest BCUT2D eigenvalue weighted by Gasteiger charge is 2.42. The minimum atomic E-state index is -0.500. The summed E-state index contributed by atoms with van der Waals surface area (Å²) in [6, 6.07) is 15.2. The molecule has 2 aliphatic carbocycles. The van der Waals surface area contributed by atoms with Gasteiger partial charge in [-0.2, -0.15) is 0 Å². The molecule has 1 fully saturated rings. The molecule has 2 aromatic rings. The maximum atomic E-state index is 14.2. The van der Waals surface area contributed by atoms with Crippen molar-refractivity contribution >= 4 is 23.1 Å². The molecule has 1 amide bonds. The van der Waals surface area contributed by atoms with Crippen molar-refractivity contribution < 1.29 is 14.3 Å². The van der Waals surface area contributed by atoms with Crippen molar-refractivity contribution in [3.8, 4) is 5.75 Å². The third kappa shape index (κ3) is 3.60. The molecule has 5 rings (SSSR count). The number of ether oxygens (including phenoxy) is 1. The van der Waals surface area contributed by atoms with E-state index in [0.717, 1.165) is 61.2 Å². The van der Waals surface area contributed by atoms with E-state index in [9.17, 15) is 9.59 Å². The van der Waals surface area contributed by atoms with Gasteiger partial charge >= 0.3 is 0 Å². The van der Waals surface area contributed by atoms with Crippen molar-refractivity contribution in [3.05, 3.63) is 65.4 Å². The summed E-state index contributed by atoms with van der Waals surface area (Å²) in [5.74, 6) is 0.907. The van der Waals surface area contributed by atoms with Crippen molar-refractivity contribution in [2.24, 2.45) is 5.92 Å². The summed E-state index contributed by atoms with van der Waals surface area (Å²) in [4.78, 5) is 29.4. The first-order valence-electron chi connectivity index (χ1n) is 11.8. The summed E-state index contributed by atoms with van der Waals surface area (Å²) >= 11 is 0. The molecular formula is C27H30N2O3. The third-order valence-corrected chi connectivity index (χ3v) is 7.06. The van der Waals surface area contributed by atoms with Crippen molar-refractivity contribution in [2.45, 2.75) is 57.4 Å². The maximum Gasteiger partial charge on any atom is 0.231 e. The molecule has 1 atom stereocenters. The average Bonchev–Trinajstić information content (AvgIpc) is 2.99. The normalized spacial score (nSPS) is 21.3. The Kier molecular flexibility index (Phi) is 5.73. The Morgan fingerprint density at radius 3 is 2.53 bits per heavy atom. The van der Waals surface area contributed by atoms with E-state index in [1.165, 1.54) is 6.42 Å². The molecule has 1 N–H and O–H groups in total. The number of amides is 1. The van der Waals surface area contributed by atoms with Crippen LogP contribution in [0.2, 0.25) is 0 Å². The Labute approximate surface area is 189 Å². The van der Waals surface area contributed by atoms with Gasteiger partial charge in [0, 0.05) is 29.2 Å². The lowest BCUT2D eigenvalue weighted by atomic mass is 9.83. The fourth-order valence-corrected chi connectivity index (χ4v) is 5.51. The molecule has 32 heavy (non-hydrogen) atoms. The van der Waals surface area contributed by atoms with Gasteiger partial charge in [0.25, 0.3) is 0 Å². The molecule has 1 aliphatic heterocycles. The number of carbonyl (C=O) groups is 2. The Morgan fingerprint density at radius 2 is 1.72 bits per heavy atom. The predicted molar refractivity (Wildman–Crippen MR) is 126 cm³/mol. The highest BCUT2D eigenvalue weighted by Crippen LogP contribution is 2.47. The van der Waals surface area contributed by atoms with Gasteiger partial charge in [0.2, 0.25) is 5.91 Å². The number of carbonyl (C=O) groups excluding carboxylic acids is 2. The van der Waals surface area contributed by atoms with Crippen LogP contribution in [-0.2, 0) is 9.59 Å². The lowest BCUT2D eigenvalue weighted by Gasteiger charge is -2.37. The molecule has 0 saturated heterocycles. The van der Waals surface area contributed by atoms with Gasteiger partial charge in [0.15, 0.2) is 5.78 Å². The van der Waals surface area contributed by atoms with E-state index in [1.807, 2.05) is 53.4 Å². The van der Waals surface area contributed by atoms with Crippen molar-refractivity contribution in [1.29, 1.82) is 0 Å². The third-order valence-electron chi connectivity index (χ3n) is 7.06. The monoisotopic (exact) mass is 430 g/mol. The number of Topliss-reactive ketones (excluding diaryl/α,β-unsaturated/α-hetero) is 1. The number of methoxy groups -OCH3 is 1. The van der Waals surface area contributed by atoms with Crippen LogP contribution in [-0.4, -0.2) is 18.8 Å². The SMILES string of the molecule is COc1ccccc1[C@@H]1C2=C(CCCC2=O)Nc2ccccc2N1C(=O)C1CCCCC1. The molecule has 0 unspecified atom stereocenters. The second-order valence-corrected chi connectivity index (χ2v) is 9.00. The van der Waals surface area contributed by atoms with E-state index >= 15 is 0 Å². The number of ketones is 1. The van der Waals surface area contributed by atoms with Crippen LogP contribution in [0.4, 0.5) is 11.4 Å². The van der Waals surface area contributed by atoms with Gasteiger partial charge in [-0.05, 0) is 43.9 Å². The van der Waals surface area contributed by atoms with Crippen LogP contribution in [0, 0.1) is 5.92 Å². The molecule has 1 saturated carbocycles. The van der Waals surface area contributed by atoms with Crippen LogP contribution in [0.15, 0.2) is 59.8 Å². The van der Waals surface area contributed by atoms with Gasteiger partial charge in [-0.15, -0.1) is 0 Å². The average molecular weight is 431 g/mol. The zero-order valence-corrected chi connectivity index (χ0v) is 18.6. The number of para-hydroxylation sites is 3. The lowest BCUT2D eigenvalue weighted by Crippen LogP contribution is -2.42. The number of hydrogen-bond acceptors (Lipinski definition) is 4. The first-order valence-corrected chi connectivity index (χ1v) is 11.8. The molecule has 2 aromatic carbocycles. The Morgan fingerprint density at radius 1 is 0.969 bits per heavy atom. The highest BCUT2D eigenvalue weighted by atomic mass is 16.5. The molecule has 3 aliphatic rings. The molecule has 166 valence electrons. The largest absolute Gasteiger partial charge is 0.496 e. The number of anilines is 2. The summed E-state index contributed by atoms with van der Waals surface area (Å²) in [6.45, 7) is 0. The zero-order chi connectivity index (χ0) is 22.1. The second kappa shape index (κ2) is 8.81. The summed E-state index contributed by atoms with van der Waals surface area (Å²) in [5.41, 5.74) is 4.22. The zero-order valence-electron chi connectivity index (χ0n) is 18.6. The summed E-state index contributed by atoms with van der Waals surface area (Å²) in [6.07, 6.45) is 7.29. The van der Waals surface area contributed by atoms with Crippen LogP contribution in [0.5, 0.6) is 5.75 Å². The topological polar surface area (TPSA) is 58.6 Å². The fraction of sp³-hybridized carbons (Fsp3) is 0.407. The molecule has 5 nitrogen and oxygen atoms in total. The van der Waals surface area contributed by atoms with Crippen LogP contribution in [0.25, 0.3) is 0 Å². The minimum absolute atomic E-state index is 0.0187. The molecule has 0 bridgehead atoms. The van der Waals surface area contributed by atoms with Crippen LogP contribution >= 0.6 is 0 Å². The Bertz CT molecular complexity index is 1070. The van der Waals surface area contributed by atoms with Crippen LogP contribution in [0.3, 0.4) is 0 Å². The second-order valence-electron chi connectivity index (χ2n) is 9.00. The predicted octanol–water partition coefficient (Wildman–Crippen LogP) is 5.78. The standard InChI is InChI=1S/C27H30N2O3/c1-32-24-17-8-5-12-19(24)26-25-21(14-9-16-23(25)30)28-20-13-6-7-15-22(20)29(26)27(31)18-10-3-2-4-11-18/h5-8,12-13,15,17-18,26,28H,2-4,9-11,14,16H2,1H3/t26-/m1/s1. The summed E-state index contributed by atoms with van der Waals surface area (Å²) in [5, 5.41) is 3.54. The summed E-state index contributed by atoms with van der Waals surface area (Å²) < 4.78 is 5.72. The van der Waals surface area contributed by atoms with E-state index in [1.54, 1.807) is 7.11 Å². The van der Waals surface area contributed by atoms with Crippen molar-refractivity contribution in [1.82, 2.24) is 0 Å². The van der Waals surface area contributed by atoms with Gasteiger partial charge in [-0.1, -0.05) is 49.6 Å². The first kappa shape index (κ1) is 20.8. The number of rotatable bonds is 3. The Balaban J connectivity index is 1.75. The molecular weight excluding hydrogens is 400 g/mol. The van der Waals surface area contributed by atoms with Gasteiger partial charge < -0.3 is 10.1 Å².